The number of likely N-dealkylation sites (tertiary alicyclic amines) is 1. The van der Waals surface area contributed by atoms with Crippen LogP contribution in [0.1, 0.15) is 31.2 Å². The van der Waals surface area contributed by atoms with Crippen LogP contribution >= 0.6 is 0 Å². The van der Waals surface area contributed by atoms with Gasteiger partial charge in [0.1, 0.15) is 6.04 Å². The molecule has 3 amide bonds. The number of rotatable bonds is 3. The van der Waals surface area contributed by atoms with Gasteiger partial charge in [-0.3, -0.25) is 19.6 Å². The molecule has 6 heteroatoms. The molecule has 0 aromatic carbocycles. The summed E-state index contributed by atoms with van der Waals surface area (Å²) in [4.78, 5) is 34.8. The minimum atomic E-state index is -0.169. The van der Waals surface area contributed by atoms with E-state index in [4.69, 9.17) is 0 Å². The number of carbonyl (C=O) groups is 2. The molecule has 1 atom stereocenters. The third-order valence-corrected chi connectivity index (χ3v) is 5.30. The molecule has 1 aromatic rings. The third-order valence-electron chi connectivity index (χ3n) is 5.30. The van der Waals surface area contributed by atoms with E-state index in [0.717, 1.165) is 51.9 Å². The number of pyridine rings is 1. The zero-order valence-electron chi connectivity index (χ0n) is 13.2. The molecule has 0 bridgehead atoms. The van der Waals surface area contributed by atoms with E-state index < -0.39 is 0 Å². The minimum Gasteiger partial charge on any atom is -0.312 e. The summed E-state index contributed by atoms with van der Waals surface area (Å²) in [5.74, 6) is 0.0417. The molecule has 0 spiro atoms. The Morgan fingerprint density at radius 2 is 1.78 bits per heavy atom. The Hall–Kier alpha value is -1.95. The lowest BCUT2D eigenvalue weighted by atomic mass is 10.0. The van der Waals surface area contributed by atoms with Crippen LogP contribution in [0.4, 0.5) is 4.79 Å². The molecule has 0 radical (unpaired) electrons. The molecule has 0 aliphatic carbocycles. The Bertz CT molecular complexity index is 576. The van der Waals surface area contributed by atoms with Gasteiger partial charge in [0.2, 0.25) is 0 Å². The van der Waals surface area contributed by atoms with E-state index in [0.29, 0.717) is 0 Å². The molecule has 4 heterocycles. The van der Waals surface area contributed by atoms with Crippen molar-refractivity contribution >= 4 is 11.9 Å². The Labute approximate surface area is 136 Å². The first-order valence-electron chi connectivity index (χ1n) is 8.49. The van der Waals surface area contributed by atoms with Crippen molar-refractivity contribution in [2.75, 3.05) is 19.6 Å². The van der Waals surface area contributed by atoms with Crippen LogP contribution in [0.15, 0.2) is 24.5 Å². The Morgan fingerprint density at radius 3 is 2.48 bits per heavy atom. The van der Waals surface area contributed by atoms with Crippen molar-refractivity contribution in [2.45, 2.75) is 44.3 Å². The molecule has 0 N–H and O–H groups in total. The highest BCUT2D eigenvalue weighted by Gasteiger charge is 2.49. The van der Waals surface area contributed by atoms with Gasteiger partial charge in [-0.1, -0.05) is 0 Å². The molecule has 0 saturated carbocycles. The second kappa shape index (κ2) is 5.92. The first-order chi connectivity index (χ1) is 11.2. The van der Waals surface area contributed by atoms with E-state index in [1.165, 1.54) is 5.56 Å². The second-order valence-corrected chi connectivity index (χ2v) is 6.71. The Morgan fingerprint density at radius 1 is 1.04 bits per heavy atom. The summed E-state index contributed by atoms with van der Waals surface area (Å²) < 4.78 is 0. The molecule has 3 aliphatic rings. The van der Waals surface area contributed by atoms with Crippen molar-refractivity contribution in [3.8, 4) is 0 Å². The lowest BCUT2D eigenvalue weighted by Gasteiger charge is -2.35. The molecule has 0 unspecified atom stereocenters. The standard InChI is InChI=1S/C17H22N4O2/c22-16-15-2-1-9-20(15)17(23)21(16)14-5-10-19(11-6-14)12-13-3-7-18-8-4-13/h3-4,7-8,14-15H,1-2,5-6,9-12H2/t15-/m0/s1. The van der Waals surface area contributed by atoms with Crippen LogP contribution in [0.3, 0.4) is 0 Å². The molecule has 23 heavy (non-hydrogen) atoms. The Kier molecular flexibility index (Phi) is 3.77. The van der Waals surface area contributed by atoms with E-state index in [-0.39, 0.29) is 24.0 Å². The van der Waals surface area contributed by atoms with Gasteiger partial charge in [0.05, 0.1) is 0 Å². The number of amides is 3. The van der Waals surface area contributed by atoms with Gasteiger partial charge in [-0.25, -0.2) is 4.79 Å². The zero-order chi connectivity index (χ0) is 15.8. The van der Waals surface area contributed by atoms with Crippen LogP contribution in [0.2, 0.25) is 0 Å². The fourth-order valence-corrected chi connectivity index (χ4v) is 4.06. The van der Waals surface area contributed by atoms with Crippen molar-refractivity contribution in [1.29, 1.82) is 0 Å². The molecule has 6 nitrogen and oxygen atoms in total. The number of fused-ring (bicyclic) bond motifs is 1. The summed E-state index contributed by atoms with van der Waals surface area (Å²) in [5.41, 5.74) is 1.26. The van der Waals surface area contributed by atoms with E-state index >= 15 is 0 Å². The third kappa shape index (κ3) is 2.61. The topological polar surface area (TPSA) is 56.8 Å². The summed E-state index contributed by atoms with van der Waals surface area (Å²) >= 11 is 0. The molecule has 4 rings (SSSR count). The lowest BCUT2D eigenvalue weighted by molar-refractivity contribution is -0.130. The number of hydrogen-bond acceptors (Lipinski definition) is 4. The maximum absolute atomic E-state index is 12.5. The molecule has 3 fully saturated rings. The smallest absolute Gasteiger partial charge is 0.312 e. The van der Waals surface area contributed by atoms with Gasteiger partial charge in [0.15, 0.2) is 0 Å². The number of imide groups is 1. The first-order valence-corrected chi connectivity index (χ1v) is 8.49. The first kappa shape index (κ1) is 14.6. The summed E-state index contributed by atoms with van der Waals surface area (Å²) in [7, 11) is 0. The maximum atomic E-state index is 12.5. The van der Waals surface area contributed by atoms with Gasteiger partial charge in [0.25, 0.3) is 5.91 Å². The van der Waals surface area contributed by atoms with Gasteiger partial charge >= 0.3 is 6.03 Å². The van der Waals surface area contributed by atoms with Crippen molar-refractivity contribution in [1.82, 2.24) is 19.7 Å². The molecule has 3 saturated heterocycles. The largest absolute Gasteiger partial charge is 0.327 e. The van der Waals surface area contributed by atoms with Crippen molar-refractivity contribution in [2.24, 2.45) is 0 Å². The fourth-order valence-electron chi connectivity index (χ4n) is 4.06. The van der Waals surface area contributed by atoms with Gasteiger partial charge in [-0.15, -0.1) is 0 Å². The molecule has 3 aliphatic heterocycles. The number of nitrogens with zero attached hydrogens (tertiary/aromatic N) is 4. The van der Waals surface area contributed by atoms with Crippen LogP contribution in [-0.2, 0) is 11.3 Å². The Balaban J connectivity index is 1.36. The summed E-state index contributed by atoms with van der Waals surface area (Å²) in [5, 5.41) is 0. The number of hydrogen-bond donors (Lipinski definition) is 0. The number of aromatic nitrogens is 1. The second-order valence-electron chi connectivity index (χ2n) is 6.71. The summed E-state index contributed by atoms with van der Waals surface area (Å²) in [6, 6.07) is 3.93. The summed E-state index contributed by atoms with van der Waals surface area (Å²) in [6.45, 7) is 3.50. The number of carbonyl (C=O) groups excluding carboxylic acids is 2. The van der Waals surface area contributed by atoms with Crippen LogP contribution in [0.5, 0.6) is 0 Å². The van der Waals surface area contributed by atoms with Gasteiger partial charge in [-0.2, -0.15) is 0 Å². The zero-order valence-corrected chi connectivity index (χ0v) is 13.2. The van der Waals surface area contributed by atoms with E-state index in [2.05, 4.69) is 9.88 Å². The monoisotopic (exact) mass is 314 g/mol. The van der Waals surface area contributed by atoms with E-state index in [9.17, 15) is 9.59 Å². The van der Waals surface area contributed by atoms with Crippen molar-refractivity contribution in [3.63, 3.8) is 0 Å². The highest BCUT2D eigenvalue weighted by Crippen LogP contribution is 2.31. The minimum absolute atomic E-state index is 0.0417. The SMILES string of the molecule is O=C1[C@@H]2CCCN2C(=O)N1C1CCN(Cc2ccncc2)CC1. The van der Waals surface area contributed by atoms with Crippen LogP contribution in [-0.4, -0.2) is 63.3 Å². The average Bonchev–Trinajstić information content (AvgIpc) is 3.14. The molecular weight excluding hydrogens is 292 g/mol. The normalized spacial score (nSPS) is 26.2. The highest BCUT2D eigenvalue weighted by molar-refractivity contribution is 6.04. The predicted molar refractivity (Wildman–Crippen MR) is 84.5 cm³/mol. The van der Waals surface area contributed by atoms with Crippen LogP contribution < -0.4 is 0 Å². The number of urea groups is 1. The summed E-state index contributed by atoms with van der Waals surface area (Å²) in [6.07, 6.45) is 7.18. The fraction of sp³-hybridized carbons (Fsp3) is 0.588. The van der Waals surface area contributed by atoms with E-state index in [1.807, 2.05) is 24.5 Å². The van der Waals surface area contributed by atoms with Gasteiger partial charge < -0.3 is 4.90 Å². The highest BCUT2D eigenvalue weighted by atomic mass is 16.2. The van der Waals surface area contributed by atoms with Gasteiger partial charge in [-0.05, 0) is 43.4 Å². The van der Waals surface area contributed by atoms with Crippen molar-refractivity contribution < 1.29 is 9.59 Å². The molecule has 122 valence electrons. The average molecular weight is 314 g/mol. The molecular formula is C17H22N4O2. The maximum Gasteiger partial charge on any atom is 0.327 e. The van der Waals surface area contributed by atoms with Crippen molar-refractivity contribution in [3.05, 3.63) is 30.1 Å². The van der Waals surface area contributed by atoms with E-state index in [1.54, 1.807) is 9.80 Å². The quantitative estimate of drug-likeness (QED) is 0.793. The molecule has 1 aromatic heterocycles. The van der Waals surface area contributed by atoms with Gasteiger partial charge in [0, 0.05) is 44.6 Å². The lowest BCUT2D eigenvalue weighted by Crippen LogP contribution is -2.48. The predicted octanol–water partition coefficient (Wildman–Crippen LogP) is 1.47. The van der Waals surface area contributed by atoms with Crippen LogP contribution in [0, 0.1) is 0 Å². The number of piperidine rings is 1. The van der Waals surface area contributed by atoms with Crippen LogP contribution in [0.25, 0.3) is 0 Å².